The van der Waals surface area contributed by atoms with Crippen LogP contribution < -0.4 is 10.2 Å². The minimum atomic E-state index is -0.427. The van der Waals surface area contributed by atoms with Crippen molar-refractivity contribution < 1.29 is 13.6 Å². The molecule has 0 bridgehead atoms. The van der Waals surface area contributed by atoms with Gasteiger partial charge in [0.25, 0.3) is 5.91 Å². The predicted octanol–water partition coefficient (Wildman–Crippen LogP) is 3.71. The van der Waals surface area contributed by atoms with Crippen LogP contribution in [-0.2, 0) is 6.54 Å². The van der Waals surface area contributed by atoms with Crippen LogP contribution in [0.1, 0.15) is 14.8 Å². The van der Waals surface area contributed by atoms with E-state index in [1.54, 1.807) is 30.1 Å². The SMILES string of the molecule is CN(Cc1nnc(C(=O)Nc2ccc(F)cc2)s1)c1ccccc1F. The standard InChI is InChI=1S/C17H14F2N4OS/c1-23(14-5-3-2-4-13(14)19)10-15-21-22-17(25-15)16(24)20-12-8-6-11(18)7-9-12/h2-9H,10H2,1H3,(H,20,24). The fourth-order valence-corrected chi connectivity index (χ4v) is 2.96. The van der Waals surface area contributed by atoms with Crippen LogP contribution in [0.15, 0.2) is 48.5 Å². The summed E-state index contributed by atoms with van der Waals surface area (Å²) in [5, 5.41) is 11.2. The monoisotopic (exact) mass is 360 g/mol. The Labute approximate surface area is 146 Å². The fourth-order valence-electron chi connectivity index (χ4n) is 2.18. The number of amides is 1. The molecule has 8 heteroatoms. The van der Waals surface area contributed by atoms with Crippen molar-refractivity contribution in [3.63, 3.8) is 0 Å². The van der Waals surface area contributed by atoms with Gasteiger partial charge in [0.15, 0.2) is 0 Å². The van der Waals surface area contributed by atoms with Gasteiger partial charge in [0.1, 0.15) is 16.6 Å². The molecule has 3 aromatic rings. The number of para-hydroxylation sites is 1. The normalized spacial score (nSPS) is 10.5. The average molecular weight is 360 g/mol. The number of nitrogens with one attached hydrogen (secondary N) is 1. The second-order valence-electron chi connectivity index (χ2n) is 5.27. The van der Waals surface area contributed by atoms with Gasteiger partial charge in [-0.1, -0.05) is 23.5 Å². The molecule has 25 heavy (non-hydrogen) atoms. The van der Waals surface area contributed by atoms with Crippen LogP contribution in [-0.4, -0.2) is 23.2 Å². The van der Waals surface area contributed by atoms with Gasteiger partial charge in [0.2, 0.25) is 5.01 Å². The van der Waals surface area contributed by atoms with Crippen LogP contribution in [0.2, 0.25) is 0 Å². The Morgan fingerprint density at radius 3 is 2.56 bits per heavy atom. The predicted molar refractivity (Wildman–Crippen MR) is 92.8 cm³/mol. The van der Waals surface area contributed by atoms with E-state index in [1.165, 1.54) is 30.3 Å². The molecule has 1 heterocycles. The minimum absolute atomic E-state index is 0.182. The van der Waals surface area contributed by atoms with Crippen LogP contribution in [0.4, 0.5) is 20.2 Å². The number of aromatic nitrogens is 2. The van der Waals surface area contributed by atoms with Crippen molar-refractivity contribution in [1.82, 2.24) is 10.2 Å². The largest absolute Gasteiger partial charge is 0.365 e. The molecule has 128 valence electrons. The van der Waals surface area contributed by atoms with E-state index in [4.69, 9.17) is 0 Å². The molecule has 0 aliphatic carbocycles. The van der Waals surface area contributed by atoms with Crippen molar-refractivity contribution in [1.29, 1.82) is 0 Å². The molecule has 1 amide bonds. The molecular weight excluding hydrogens is 346 g/mol. The summed E-state index contributed by atoms with van der Waals surface area (Å²) in [4.78, 5) is 13.8. The third-order valence-electron chi connectivity index (χ3n) is 3.40. The van der Waals surface area contributed by atoms with E-state index in [0.717, 1.165) is 11.3 Å². The highest BCUT2D eigenvalue weighted by atomic mass is 32.1. The zero-order valence-corrected chi connectivity index (χ0v) is 14.1. The van der Waals surface area contributed by atoms with Crippen molar-refractivity contribution in [2.75, 3.05) is 17.3 Å². The summed E-state index contributed by atoms with van der Waals surface area (Å²) in [6, 6.07) is 11.8. The highest BCUT2D eigenvalue weighted by Gasteiger charge is 2.15. The van der Waals surface area contributed by atoms with Crippen LogP contribution >= 0.6 is 11.3 Å². The highest BCUT2D eigenvalue weighted by molar-refractivity contribution is 7.13. The fraction of sp³-hybridized carbons (Fsp3) is 0.118. The lowest BCUT2D eigenvalue weighted by molar-refractivity contribution is 0.102. The van der Waals surface area contributed by atoms with Crippen molar-refractivity contribution in [2.45, 2.75) is 6.54 Å². The molecule has 0 unspecified atom stereocenters. The molecular formula is C17H14F2N4OS. The van der Waals surface area contributed by atoms with E-state index in [-0.39, 0.29) is 16.6 Å². The molecule has 0 aliphatic rings. The van der Waals surface area contributed by atoms with Crippen molar-refractivity contribution in [3.8, 4) is 0 Å². The van der Waals surface area contributed by atoms with Crippen LogP contribution in [0.5, 0.6) is 0 Å². The number of halogens is 2. The number of nitrogens with zero attached hydrogens (tertiary/aromatic N) is 3. The molecule has 1 aromatic heterocycles. The number of hydrogen-bond donors (Lipinski definition) is 1. The summed E-state index contributed by atoms with van der Waals surface area (Å²) in [5.74, 6) is -1.14. The second-order valence-corrected chi connectivity index (χ2v) is 6.33. The first kappa shape index (κ1) is 17.0. The van der Waals surface area contributed by atoms with Crippen LogP contribution in [0.3, 0.4) is 0 Å². The summed E-state index contributed by atoms with van der Waals surface area (Å²) in [7, 11) is 1.73. The van der Waals surface area contributed by atoms with Gasteiger partial charge in [-0.2, -0.15) is 0 Å². The van der Waals surface area contributed by atoms with Gasteiger partial charge in [0.05, 0.1) is 12.2 Å². The summed E-state index contributed by atoms with van der Waals surface area (Å²) in [6.45, 7) is 0.322. The number of hydrogen-bond acceptors (Lipinski definition) is 5. The van der Waals surface area contributed by atoms with E-state index in [0.29, 0.717) is 22.9 Å². The summed E-state index contributed by atoms with van der Waals surface area (Å²) in [6.07, 6.45) is 0. The molecule has 0 atom stereocenters. The maximum atomic E-state index is 13.8. The van der Waals surface area contributed by atoms with Crippen LogP contribution in [0.25, 0.3) is 0 Å². The van der Waals surface area contributed by atoms with E-state index in [1.807, 2.05) is 0 Å². The van der Waals surface area contributed by atoms with E-state index >= 15 is 0 Å². The van der Waals surface area contributed by atoms with Gasteiger partial charge in [-0.05, 0) is 36.4 Å². The first-order valence-corrected chi connectivity index (χ1v) is 8.19. The number of carbonyl (C=O) groups is 1. The smallest absolute Gasteiger partial charge is 0.286 e. The molecule has 3 rings (SSSR count). The minimum Gasteiger partial charge on any atom is -0.365 e. The van der Waals surface area contributed by atoms with Gasteiger partial charge < -0.3 is 10.2 Å². The Hall–Kier alpha value is -2.87. The van der Waals surface area contributed by atoms with Gasteiger partial charge in [0, 0.05) is 12.7 Å². The third kappa shape index (κ3) is 4.16. The molecule has 2 aromatic carbocycles. The van der Waals surface area contributed by atoms with Gasteiger partial charge in [-0.15, -0.1) is 10.2 Å². The second kappa shape index (κ2) is 7.35. The van der Waals surface area contributed by atoms with E-state index in [9.17, 15) is 13.6 Å². The number of benzene rings is 2. The van der Waals surface area contributed by atoms with Crippen molar-refractivity contribution in [3.05, 3.63) is 70.2 Å². The van der Waals surface area contributed by atoms with E-state index < -0.39 is 5.91 Å². The Morgan fingerprint density at radius 2 is 1.84 bits per heavy atom. The maximum Gasteiger partial charge on any atom is 0.286 e. The number of carbonyl (C=O) groups excluding carboxylic acids is 1. The molecule has 0 saturated heterocycles. The lowest BCUT2D eigenvalue weighted by atomic mass is 10.3. The Morgan fingerprint density at radius 1 is 1.12 bits per heavy atom. The molecule has 0 aliphatic heterocycles. The topological polar surface area (TPSA) is 58.1 Å². The quantitative estimate of drug-likeness (QED) is 0.754. The molecule has 0 fully saturated rings. The Kier molecular flexibility index (Phi) is 4.99. The molecule has 5 nitrogen and oxygen atoms in total. The summed E-state index contributed by atoms with van der Waals surface area (Å²) in [5.41, 5.74) is 0.904. The van der Waals surface area contributed by atoms with Crippen molar-refractivity contribution >= 4 is 28.6 Å². The van der Waals surface area contributed by atoms with Gasteiger partial charge >= 0.3 is 0 Å². The van der Waals surface area contributed by atoms with Crippen LogP contribution in [0, 0.1) is 11.6 Å². The molecule has 0 radical (unpaired) electrons. The molecule has 1 N–H and O–H groups in total. The zero-order valence-electron chi connectivity index (χ0n) is 13.2. The first-order chi connectivity index (χ1) is 12.0. The van der Waals surface area contributed by atoms with Gasteiger partial charge in [-0.3, -0.25) is 4.79 Å². The average Bonchev–Trinajstić information content (AvgIpc) is 3.06. The first-order valence-electron chi connectivity index (χ1n) is 7.38. The number of anilines is 2. The molecule has 0 saturated carbocycles. The van der Waals surface area contributed by atoms with Crippen molar-refractivity contribution in [2.24, 2.45) is 0 Å². The lowest BCUT2D eigenvalue weighted by Crippen LogP contribution is -2.17. The lowest BCUT2D eigenvalue weighted by Gasteiger charge is -2.17. The van der Waals surface area contributed by atoms with E-state index in [2.05, 4.69) is 15.5 Å². The Balaban J connectivity index is 1.66. The summed E-state index contributed by atoms with van der Waals surface area (Å²) < 4.78 is 26.7. The third-order valence-corrected chi connectivity index (χ3v) is 4.31. The Bertz CT molecular complexity index is 882. The highest BCUT2D eigenvalue weighted by Crippen LogP contribution is 2.21. The summed E-state index contributed by atoms with van der Waals surface area (Å²) >= 11 is 1.12. The van der Waals surface area contributed by atoms with Gasteiger partial charge in [-0.25, -0.2) is 8.78 Å². The zero-order chi connectivity index (χ0) is 17.8. The maximum absolute atomic E-state index is 13.8. The molecule has 0 spiro atoms. The number of rotatable bonds is 5.